The van der Waals surface area contributed by atoms with Crippen LogP contribution in [0.2, 0.25) is 0 Å². The Morgan fingerprint density at radius 1 is 1.08 bits per heavy atom. The fourth-order valence-electron chi connectivity index (χ4n) is 3.46. The molecule has 0 aliphatic carbocycles. The fraction of sp³-hybridized carbons (Fsp3) is 0.292. The number of hydrogen-bond donors (Lipinski definition) is 3. The van der Waals surface area contributed by atoms with E-state index in [9.17, 15) is 22.3 Å². The maximum absolute atomic E-state index is 13.1. The van der Waals surface area contributed by atoms with Gasteiger partial charge in [0.1, 0.15) is 10.6 Å². The van der Waals surface area contributed by atoms with Crippen molar-refractivity contribution in [3.63, 3.8) is 0 Å². The summed E-state index contributed by atoms with van der Waals surface area (Å²) in [7, 11) is -1.49. The molecule has 39 heavy (non-hydrogen) atoms. The fourth-order valence-corrected chi connectivity index (χ4v) is 4.41. The average Bonchev–Trinajstić information content (AvgIpc) is 3.41. The SMILES string of the molecule is COc1cc(Nc2nc3ccccc3nc2NS(=O)(=O)c2cnn(C(F)F)c2)c(OCCC(C)O)c(OC)c1. The lowest BCUT2D eigenvalue weighted by atomic mass is 10.2. The van der Waals surface area contributed by atoms with Crippen LogP contribution in [0, 0.1) is 0 Å². The van der Waals surface area contributed by atoms with Gasteiger partial charge in [0.15, 0.2) is 23.1 Å². The third kappa shape index (κ3) is 6.43. The number of halogens is 2. The summed E-state index contributed by atoms with van der Waals surface area (Å²) < 4.78 is 71.3. The number of para-hydroxylation sites is 2. The Balaban J connectivity index is 1.79. The number of alkyl halides is 2. The number of hydrogen-bond acceptors (Lipinski definition) is 10. The van der Waals surface area contributed by atoms with E-state index in [2.05, 4.69) is 25.1 Å². The zero-order chi connectivity index (χ0) is 28.2. The summed E-state index contributed by atoms with van der Waals surface area (Å²) in [5.74, 6) is 0.718. The molecule has 0 bridgehead atoms. The van der Waals surface area contributed by atoms with Gasteiger partial charge in [-0.25, -0.2) is 23.1 Å². The van der Waals surface area contributed by atoms with Gasteiger partial charge < -0.3 is 24.6 Å². The van der Waals surface area contributed by atoms with Crippen molar-refractivity contribution in [2.45, 2.75) is 30.9 Å². The molecule has 1 unspecified atom stereocenters. The number of fused-ring (bicyclic) bond motifs is 1. The molecule has 1 atom stereocenters. The van der Waals surface area contributed by atoms with Crippen LogP contribution in [0.15, 0.2) is 53.7 Å². The highest BCUT2D eigenvalue weighted by atomic mass is 32.2. The van der Waals surface area contributed by atoms with Crippen molar-refractivity contribution in [1.82, 2.24) is 19.7 Å². The summed E-state index contributed by atoms with van der Waals surface area (Å²) in [5.41, 5.74) is 1.12. The van der Waals surface area contributed by atoms with Crippen LogP contribution in [-0.2, 0) is 10.0 Å². The first-order chi connectivity index (χ1) is 18.6. The van der Waals surface area contributed by atoms with Crippen molar-refractivity contribution >= 4 is 38.4 Å². The molecule has 0 saturated heterocycles. The molecule has 2 aromatic heterocycles. The van der Waals surface area contributed by atoms with Crippen LogP contribution in [0.5, 0.6) is 17.2 Å². The van der Waals surface area contributed by atoms with Crippen molar-refractivity contribution in [3.05, 3.63) is 48.8 Å². The van der Waals surface area contributed by atoms with Crippen molar-refractivity contribution in [3.8, 4) is 17.2 Å². The number of anilines is 3. The molecule has 0 radical (unpaired) electrons. The Kier molecular flexibility index (Phi) is 8.30. The molecule has 2 heterocycles. The minimum Gasteiger partial charge on any atom is -0.497 e. The molecule has 0 aliphatic rings. The number of benzene rings is 2. The summed E-state index contributed by atoms with van der Waals surface area (Å²) in [4.78, 5) is 8.43. The summed E-state index contributed by atoms with van der Waals surface area (Å²) >= 11 is 0. The predicted octanol–water partition coefficient (Wildman–Crippen LogP) is 3.93. The van der Waals surface area contributed by atoms with E-state index in [1.54, 1.807) is 43.3 Å². The van der Waals surface area contributed by atoms with Crippen molar-refractivity contribution < 1.29 is 36.5 Å². The molecule has 0 saturated carbocycles. The van der Waals surface area contributed by atoms with E-state index >= 15 is 0 Å². The number of aliphatic hydroxyl groups is 1. The smallest absolute Gasteiger partial charge is 0.333 e. The van der Waals surface area contributed by atoms with Gasteiger partial charge in [0, 0.05) is 18.6 Å². The van der Waals surface area contributed by atoms with Crippen molar-refractivity contribution in [1.29, 1.82) is 0 Å². The Labute approximate surface area is 222 Å². The highest BCUT2D eigenvalue weighted by Crippen LogP contribution is 2.42. The molecule has 4 aromatic rings. The van der Waals surface area contributed by atoms with Gasteiger partial charge in [-0.05, 0) is 19.1 Å². The van der Waals surface area contributed by atoms with E-state index < -0.39 is 27.6 Å². The van der Waals surface area contributed by atoms with Gasteiger partial charge in [-0.15, -0.1) is 0 Å². The Hall–Kier alpha value is -4.24. The average molecular weight is 565 g/mol. The summed E-state index contributed by atoms with van der Waals surface area (Å²) in [6.45, 7) is -1.24. The molecule has 2 aromatic carbocycles. The number of aliphatic hydroxyl groups excluding tert-OH is 1. The Morgan fingerprint density at radius 3 is 2.36 bits per heavy atom. The van der Waals surface area contributed by atoms with Crippen LogP contribution in [0.3, 0.4) is 0 Å². The zero-order valence-electron chi connectivity index (χ0n) is 21.1. The Bertz CT molecular complexity index is 1560. The highest BCUT2D eigenvalue weighted by molar-refractivity contribution is 7.92. The molecule has 0 spiro atoms. The zero-order valence-corrected chi connectivity index (χ0v) is 21.9. The topological polar surface area (TPSA) is 150 Å². The van der Waals surface area contributed by atoms with Crippen LogP contribution >= 0.6 is 0 Å². The molecule has 4 rings (SSSR count). The minimum atomic E-state index is -4.39. The number of ether oxygens (including phenoxy) is 3. The molecule has 3 N–H and O–H groups in total. The highest BCUT2D eigenvalue weighted by Gasteiger charge is 2.24. The number of aromatic nitrogens is 4. The monoisotopic (exact) mass is 564 g/mol. The molecule has 15 heteroatoms. The van der Waals surface area contributed by atoms with Gasteiger partial charge in [-0.1, -0.05) is 12.1 Å². The number of sulfonamides is 1. The lowest BCUT2D eigenvalue weighted by Crippen LogP contribution is -2.16. The van der Waals surface area contributed by atoms with Crippen molar-refractivity contribution in [2.75, 3.05) is 30.9 Å². The third-order valence-electron chi connectivity index (χ3n) is 5.41. The maximum Gasteiger partial charge on any atom is 0.333 e. The molecule has 0 amide bonds. The quantitative estimate of drug-likeness (QED) is 0.231. The molecular weight excluding hydrogens is 538 g/mol. The standard InChI is InChI=1S/C24H26F2N6O6S/c1-14(33)8-9-38-21-19(10-15(36-2)11-20(21)37-3)30-22-23(29-18-7-5-4-6-17(18)28-22)31-39(34,35)16-12-27-32(13-16)24(25)26/h4-7,10-14,24,33H,8-9H2,1-3H3,(H,28,30)(H,29,31). The van der Waals surface area contributed by atoms with Gasteiger partial charge in [-0.3, -0.25) is 4.72 Å². The Morgan fingerprint density at radius 2 is 1.77 bits per heavy atom. The van der Waals surface area contributed by atoms with E-state index in [0.29, 0.717) is 40.8 Å². The minimum absolute atomic E-state index is 0.0193. The number of rotatable bonds is 12. The van der Waals surface area contributed by atoms with Gasteiger partial charge >= 0.3 is 6.55 Å². The van der Waals surface area contributed by atoms with Crippen LogP contribution in [-0.4, -0.2) is 60.2 Å². The largest absolute Gasteiger partial charge is 0.497 e. The van der Waals surface area contributed by atoms with Gasteiger partial charge in [-0.2, -0.15) is 13.9 Å². The predicted molar refractivity (Wildman–Crippen MR) is 138 cm³/mol. The van der Waals surface area contributed by atoms with Crippen LogP contribution in [0.4, 0.5) is 26.1 Å². The lowest BCUT2D eigenvalue weighted by Gasteiger charge is -2.19. The summed E-state index contributed by atoms with van der Waals surface area (Å²) in [6, 6.07) is 9.95. The van der Waals surface area contributed by atoms with Crippen molar-refractivity contribution in [2.24, 2.45) is 0 Å². The molecule has 208 valence electrons. The van der Waals surface area contributed by atoms with Gasteiger partial charge in [0.2, 0.25) is 0 Å². The van der Waals surface area contributed by atoms with E-state index in [1.165, 1.54) is 14.2 Å². The summed E-state index contributed by atoms with van der Waals surface area (Å²) in [5, 5.41) is 16.1. The molecule has 0 aliphatic heterocycles. The second kappa shape index (κ2) is 11.7. The number of methoxy groups -OCH3 is 2. The van der Waals surface area contributed by atoms with Crippen LogP contribution < -0.4 is 24.2 Å². The van der Waals surface area contributed by atoms with E-state index in [1.807, 2.05) is 0 Å². The number of nitrogens with zero attached hydrogens (tertiary/aromatic N) is 4. The van der Waals surface area contributed by atoms with Crippen LogP contribution in [0.1, 0.15) is 19.9 Å². The van der Waals surface area contributed by atoms with E-state index in [0.717, 1.165) is 6.20 Å². The molecule has 12 nitrogen and oxygen atoms in total. The molecule has 0 fully saturated rings. The normalized spacial score (nSPS) is 12.4. The van der Waals surface area contributed by atoms with Crippen LogP contribution in [0.25, 0.3) is 11.0 Å². The maximum atomic E-state index is 13.1. The first-order valence-electron chi connectivity index (χ1n) is 11.6. The summed E-state index contributed by atoms with van der Waals surface area (Å²) in [6.07, 6.45) is 1.24. The van der Waals surface area contributed by atoms with Gasteiger partial charge in [0.25, 0.3) is 10.0 Å². The lowest BCUT2D eigenvalue weighted by molar-refractivity contribution is 0.0564. The first kappa shape index (κ1) is 27.8. The molecular formula is C24H26F2N6O6S. The third-order valence-corrected chi connectivity index (χ3v) is 6.70. The number of nitrogens with one attached hydrogen (secondary N) is 2. The second-order valence-electron chi connectivity index (χ2n) is 8.27. The first-order valence-corrected chi connectivity index (χ1v) is 13.1. The van der Waals surface area contributed by atoms with E-state index in [4.69, 9.17) is 14.2 Å². The van der Waals surface area contributed by atoms with E-state index in [-0.39, 0.29) is 28.7 Å². The van der Waals surface area contributed by atoms with Gasteiger partial charge in [0.05, 0.1) is 56.0 Å². The second-order valence-corrected chi connectivity index (χ2v) is 9.95.